The largest absolute Gasteiger partial charge is 0.493 e. The molecule has 130 valence electrons. The summed E-state index contributed by atoms with van der Waals surface area (Å²) in [4.78, 5) is 17.8. The van der Waals surface area contributed by atoms with Gasteiger partial charge in [-0.05, 0) is 29.1 Å². The molecule has 3 rings (SSSR count). The van der Waals surface area contributed by atoms with Gasteiger partial charge in [0.1, 0.15) is 5.01 Å². The molecule has 0 fully saturated rings. The first-order valence-electron chi connectivity index (χ1n) is 7.65. The van der Waals surface area contributed by atoms with Gasteiger partial charge < -0.3 is 14.8 Å². The number of thiophene rings is 1. The first-order valence-corrected chi connectivity index (χ1v) is 9.41. The predicted octanol–water partition coefficient (Wildman–Crippen LogP) is 3.75. The highest BCUT2D eigenvalue weighted by Gasteiger charge is 2.10. The number of nitrogens with zero attached hydrogens (tertiary/aromatic N) is 1. The van der Waals surface area contributed by atoms with Crippen LogP contribution in [0.2, 0.25) is 0 Å². The molecule has 1 amide bonds. The average Bonchev–Trinajstić information content (AvgIpc) is 3.31. The average molecular weight is 374 g/mol. The normalized spacial score (nSPS) is 10.5. The van der Waals surface area contributed by atoms with E-state index < -0.39 is 0 Å². The number of nitrogens with one attached hydrogen (secondary N) is 1. The van der Waals surface area contributed by atoms with Crippen LogP contribution in [0.1, 0.15) is 11.3 Å². The number of carbonyl (C=O) groups excluding carboxylic acids is 1. The summed E-state index contributed by atoms with van der Waals surface area (Å²) in [6.07, 6.45) is 0.273. The van der Waals surface area contributed by atoms with Crippen molar-refractivity contribution in [2.75, 3.05) is 14.2 Å². The number of hydrogen-bond donors (Lipinski definition) is 1. The van der Waals surface area contributed by atoms with E-state index in [2.05, 4.69) is 10.3 Å². The van der Waals surface area contributed by atoms with E-state index in [0.717, 1.165) is 21.1 Å². The number of carbonyl (C=O) groups is 1. The Bertz CT molecular complexity index is 844. The fourth-order valence-corrected chi connectivity index (χ4v) is 3.95. The monoisotopic (exact) mass is 374 g/mol. The fraction of sp³-hybridized carbons (Fsp3) is 0.222. The highest BCUT2D eigenvalue weighted by atomic mass is 32.1. The molecule has 0 atom stereocenters. The highest BCUT2D eigenvalue weighted by Crippen LogP contribution is 2.28. The van der Waals surface area contributed by atoms with Gasteiger partial charge in [-0.25, -0.2) is 4.98 Å². The maximum absolute atomic E-state index is 12.2. The molecule has 2 aromatic heterocycles. The van der Waals surface area contributed by atoms with Gasteiger partial charge in [0.05, 0.1) is 31.2 Å². The fourth-order valence-electron chi connectivity index (χ4n) is 2.32. The maximum atomic E-state index is 12.2. The molecule has 0 saturated heterocycles. The molecule has 0 aliphatic rings. The number of ether oxygens (including phenoxy) is 2. The Morgan fingerprint density at radius 2 is 2.00 bits per heavy atom. The van der Waals surface area contributed by atoms with E-state index in [0.29, 0.717) is 18.0 Å². The minimum Gasteiger partial charge on any atom is -0.493 e. The molecule has 5 nitrogen and oxygen atoms in total. The summed E-state index contributed by atoms with van der Waals surface area (Å²) < 4.78 is 10.5. The lowest BCUT2D eigenvalue weighted by atomic mass is 10.2. The first kappa shape index (κ1) is 17.4. The van der Waals surface area contributed by atoms with Crippen LogP contribution in [0.25, 0.3) is 9.88 Å². The van der Waals surface area contributed by atoms with Crippen LogP contribution in [0, 0.1) is 0 Å². The van der Waals surface area contributed by atoms with E-state index in [4.69, 9.17) is 9.47 Å². The Morgan fingerprint density at radius 3 is 2.72 bits per heavy atom. The number of thiazole rings is 1. The SMILES string of the molecule is COc1ccc(CNC(=O)Cc2csc(-c3cccs3)n2)cc1OC. The molecule has 1 N–H and O–H groups in total. The van der Waals surface area contributed by atoms with Crippen LogP contribution in [0.4, 0.5) is 0 Å². The first-order chi connectivity index (χ1) is 12.2. The highest BCUT2D eigenvalue weighted by molar-refractivity contribution is 7.20. The van der Waals surface area contributed by atoms with E-state index in [1.54, 1.807) is 36.9 Å². The molecule has 0 unspecified atom stereocenters. The molecule has 0 bridgehead atoms. The quantitative estimate of drug-likeness (QED) is 0.684. The Hall–Kier alpha value is -2.38. The van der Waals surface area contributed by atoms with Gasteiger partial charge in [0.2, 0.25) is 5.91 Å². The zero-order valence-electron chi connectivity index (χ0n) is 13.9. The zero-order chi connectivity index (χ0) is 17.6. The Balaban J connectivity index is 1.56. The van der Waals surface area contributed by atoms with Gasteiger partial charge in [0.15, 0.2) is 11.5 Å². The molecule has 2 heterocycles. The van der Waals surface area contributed by atoms with Gasteiger partial charge in [-0.3, -0.25) is 4.79 Å². The lowest BCUT2D eigenvalue weighted by molar-refractivity contribution is -0.120. The van der Waals surface area contributed by atoms with Crippen molar-refractivity contribution < 1.29 is 14.3 Å². The Morgan fingerprint density at radius 1 is 1.16 bits per heavy atom. The van der Waals surface area contributed by atoms with Crippen LogP contribution in [-0.2, 0) is 17.8 Å². The Kier molecular flexibility index (Phi) is 5.67. The second kappa shape index (κ2) is 8.13. The topological polar surface area (TPSA) is 60.5 Å². The molecule has 0 spiro atoms. The number of amides is 1. The summed E-state index contributed by atoms with van der Waals surface area (Å²) in [5, 5.41) is 7.82. The van der Waals surface area contributed by atoms with Gasteiger partial charge in [0, 0.05) is 11.9 Å². The van der Waals surface area contributed by atoms with Crippen molar-refractivity contribution in [3.63, 3.8) is 0 Å². The summed E-state index contributed by atoms with van der Waals surface area (Å²) in [6, 6.07) is 9.62. The van der Waals surface area contributed by atoms with Crippen molar-refractivity contribution in [2.24, 2.45) is 0 Å². The summed E-state index contributed by atoms with van der Waals surface area (Å²) >= 11 is 3.21. The maximum Gasteiger partial charge on any atom is 0.226 e. The molecule has 0 aliphatic heterocycles. The van der Waals surface area contributed by atoms with E-state index in [9.17, 15) is 4.79 Å². The second-order valence-corrected chi connectivity index (χ2v) is 7.07. The molecule has 0 radical (unpaired) electrons. The minimum atomic E-state index is -0.0576. The van der Waals surface area contributed by atoms with Crippen LogP contribution in [-0.4, -0.2) is 25.1 Å². The summed E-state index contributed by atoms with van der Waals surface area (Å²) in [6.45, 7) is 0.432. The second-order valence-electron chi connectivity index (χ2n) is 5.26. The van der Waals surface area contributed by atoms with E-state index in [1.807, 2.05) is 41.1 Å². The van der Waals surface area contributed by atoms with Gasteiger partial charge >= 0.3 is 0 Å². The van der Waals surface area contributed by atoms with E-state index >= 15 is 0 Å². The molecular weight excluding hydrogens is 356 g/mol. The number of rotatable bonds is 7. The number of aromatic nitrogens is 1. The smallest absolute Gasteiger partial charge is 0.226 e. The van der Waals surface area contributed by atoms with Crippen LogP contribution < -0.4 is 14.8 Å². The molecule has 0 saturated carbocycles. The zero-order valence-corrected chi connectivity index (χ0v) is 15.6. The number of hydrogen-bond acceptors (Lipinski definition) is 6. The van der Waals surface area contributed by atoms with Crippen molar-refractivity contribution in [3.8, 4) is 21.4 Å². The predicted molar refractivity (Wildman–Crippen MR) is 101 cm³/mol. The van der Waals surface area contributed by atoms with Gasteiger partial charge in [0.25, 0.3) is 0 Å². The van der Waals surface area contributed by atoms with Crippen LogP contribution in [0.15, 0.2) is 41.1 Å². The molecule has 25 heavy (non-hydrogen) atoms. The molecule has 1 aromatic carbocycles. The molecule has 0 aliphatic carbocycles. The van der Waals surface area contributed by atoms with Crippen molar-refractivity contribution in [2.45, 2.75) is 13.0 Å². The molecular formula is C18H18N2O3S2. The third kappa shape index (κ3) is 4.37. The van der Waals surface area contributed by atoms with Crippen molar-refractivity contribution in [1.29, 1.82) is 0 Å². The standard InChI is InChI=1S/C18H18N2O3S2/c1-22-14-6-5-12(8-15(14)23-2)10-19-17(21)9-13-11-25-18(20-13)16-4-3-7-24-16/h3-8,11H,9-10H2,1-2H3,(H,19,21). The van der Waals surface area contributed by atoms with Crippen LogP contribution >= 0.6 is 22.7 Å². The van der Waals surface area contributed by atoms with Gasteiger partial charge in [-0.1, -0.05) is 12.1 Å². The lowest BCUT2D eigenvalue weighted by Gasteiger charge is -2.10. The van der Waals surface area contributed by atoms with Crippen molar-refractivity contribution >= 4 is 28.6 Å². The van der Waals surface area contributed by atoms with Crippen LogP contribution in [0.3, 0.4) is 0 Å². The summed E-state index contributed by atoms with van der Waals surface area (Å²) in [7, 11) is 3.19. The van der Waals surface area contributed by atoms with Crippen molar-refractivity contribution in [1.82, 2.24) is 10.3 Å². The number of benzene rings is 1. The third-order valence-corrected chi connectivity index (χ3v) is 5.49. The van der Waals surface area contributed by atoms with Gasteiger partial charge in [-0.15, -0.1) is 22.7 Å². The van der Waals surface area contributed by atoms with Crippen LogP contribution in [0.5, 0.6) is 11.5 Å². The number of methoxy groups -OCH3 is 2. The lowest BCUT2D eigenvalue weighted by Crippen LogP contribution is -2.24. The third-order valence-electron chi connectivity index (χ3n) is 3.56. The van der Waals surface area contributed by atoms with Gasteiger partial charge in [-0.2, -0.15) is 0 Å². The Labute approximate surface area is 154 Å². The molecule has 7 heteroatoms. The van der Waals surface area contributed by atoms with E-state index in [-0.39, 0.29) is 12.3 Å². The van der Waals surface area contributed by atoms with E-state index in [1.165, 1.54) is 0 Å². The molecule has 3 aromatic rings. The summed E-state index contributed by atoms with van der Waals surface area (Å²) in [5.74, 6) is 1.26. The summed E-state index contributed by atoms with van der Waals surface area (Å²) in [5.41, 5.74) is 1.74. The minimum absolute atomic E-state index is 0.0576. The van der Waals surface area contributed by atoms with Crippen molar-refractivity contribution in [3.05, 3.63) is 52.3 Å².